The number of carbonyl (C=O) groups excluding carboxylic acids is 3. The highest BCUT2D eigenvalue weighted by Crippen LogP contribution is 2.14. The lowest BCUT2D eigenvalue weighted by Gasteiger charge is -2.18. The van der Waals surface area contributed by atoms with E-state index in [2.05, 4.69) is 203 Å². The van der Waals surface area contributed by atoms with Gasteiger partial charge in [-0.1, -0.05) is 274 Å². The van der Waals surface area contributed by atoms with Gasteiger partial charge in [0.2, 0.25) is 0 Å². The van der Waals surface area contributed by atoms with Crippen molar-refractivity contribution in [3.05, 3.63) is 182 Å². The molecule has 0 radical (unpaired) electrons. The summed E-state index contributed by atoms with van der Waals surface area (Å²) >= 11 is 0. The molecule has 1 atom stereocenters. The number of ether oxygens (including phenoxy) is 3. The maximum absolute atomic E-state index is 12.9. The summed E-state index contributed by atoms with van der Waals surface area (Å²) in [7, 11) is 0. The lowest BCUT2D eigenvalue weighted by molar-refractivity contribution is -0.167. The van der Waals surface area contributed by atoms with Crippen molar-refractivity contribution in [3.8, 4) is 0 Å². The Bertz CT molecular complexity index is 1940. The topological polar surface area (TPSA) is 78.9 Å². The second-order valence-electron chi connectivity index (χ2n) is 21.3. The van der Waals surface area contributed by atoms with Gasteiger partial charge in [-0.15, -0.1) is 0 Å². The van der Waals surface area contributed by atoms with Gasteiger partial charge >= 0.3 is 17.9 Å². The molecule has 0 aliphatic rings. The molecular formula is C77H120O6. The van der Waals surface area contributed by atoms with E-state index in [-0.39, 0.29) is 31.1 Å². The van der Waals surface area contributed by atoms with Gasteiger partial charge in [0.1, 0.15) is 13.2 Å². The van der Waals surface area contributed by atoms with E-state index < -0.39 is 6.10 Å². The van der Waals surface area contributed by atoms with Crippen LogP contribution in [0.5, 0.6) is 0 Å². The van der Waals surface area contributed by atoms with Crippen molar-refractivity contribution in [3.63, 3.8) is 0 Å². The van der Waals surface area contributed by atoms with Crippen LogP contribution in [-0.2, 0) is 28.6 Å². The van der Waals surface area contributed by atoms with E-state index >= 15 is 0 Å². The first-order valence-corrected chi connectivity index (χ1v) is 33.3. The van der Waals surface area contributed by atoms with Crippen LogP contribution in [0, 0.1) is 0 Å². The molecule has 0 spiro atoms. The van der Waals surface area contributed by atoms with E-state index in [1.54, 1.807) is 0 Å². The fourth-order valence-electron chi connectivity index (χ4n) is 8.44. The summed E-state index contributed by atoms with van der Waals surface area (Å²) in [5.41, 5.74) is 0. The predicted molar refractivity (Wildman–Crippen MR) is 361 cm³/mol. The molecule has 1 unspecified atom stereocenters. The monoisotopic (exact) mass is 1140 g/mol. The summed E-state index contributed by atoms with van der Waals surface area (Å²) in [5, 5.41) is 0. The van der Waals surface area contributed by atoms with Gasteiger partial charge in [-0.25, -0.2) is 0 Å². The zero-order valence-electron chi connectivity index (χ0n) is 53.1. The highest BCUT2D eigenvalue weighted by molar-refractivity contribution is 5.71. The highest BCUT2D eigenvalue weighted by Gasteiger charge is 2.19. The Balaban J connectivity index is 4.40. The molecule has 0 aromatic carbocycles. The molecule has 83 heavy (non-hydrogen) atoms. The number of carbonyl (C=O) groups is 3. The van der Waals surface area contributed by atoms with E-state index in [1.807, 2.05) is 0 Å². The van der Waals surface area contributed by atoms with Crippen molar-refractivity contribution in [2.45, 2.75) is 271 Å². The number of unbranched alkanes of at least 4 members (excludes halogenated alkanes) is 17. The Kier molecular flexibility index (Phi) is 64.4. The summed E-state index contributed by atoms with van der Waals surface area (Å²) in [5.74, 6) is -0.977. The minimum Gasteiger partial charge on any atom is -0.462 e. The predicted octanol–water partition coefficient (Wildman–Crippen LogP) is 23.2. The average Bonchev–Trinajstić information content (AvgIpc) is 3.48. The largest absolute Gasteiger partial charge is 0.462 e. The fraction of sp³-hybridized carbons (Fsp3) is 0.571. The van der Waals surface area contributed by atoms with Crippen LogP contribution in [0.1, 0.15) is 265 Å². The van der Waals surface area contributed by atoms with Gasteiger partial charge in [0, 0.05) is 19.3 Å². The molecule has 0 heterocycles. The number of allylic oxidation sites excluding steroid dienone is 30. The molecule has 0 amide bonds. The van der Waals surface area contributed by atoms with Crippen LogP contribution in [0.2, 0.25) is 0 Å². The molecule has 0 aliphatic carbocycles. The lowest BCUT2D eigenvalue weighted by atomic mass is 10.1. The van der Waals surface area contributed by atoms with Crippen molar-refractivity contribution in [2.24, 2.45) is 0 Å². The summed E-state index contributed by atoms with van der Waals surface area (Å²) in [4.78, 5) is 38.3. The van der Waals surface area contributed by atoms with Crippen LogP contribution in [0.3, 0.4) is 0 Å². The molecular weight excluding hydrogens is 1020 g/mol. The molecule has 0 aliphatic heterocycles. The lowest BCUT2D eigenvalue weighted by Crippen LogP contribution is -2.30. The van der Waals surface area contributed by atoms with Gasteiger partial charge in [0.05, 0.1) is 0 Å². The Labute approximate surface area is 510 Å². The quantitative estimate of drug-likeness (QED) is 0.0261. The van der Waals surface area contributed by atoms with Crippen LogP contribution < -0.4 is 0 Å². The maximum Gasteiger partial charge on any atom is 0.306 e. The SMILES string of the molecule is CC/C=C\C/C=C\C/C=C\C/C=C\C/C=C\C/C=C\C/C=C\C/C=C\C/C=C\C/C=C\CCCCC(=O)OCC(COC(=O)CCCCCCC/C=C\CCCC)OC(=O)CCCCCCCCCC/C=C\C/C=C\C/C=C\C/C=C\CC. The minimum atomic E-state index is -0.814. The normalized spacial score (nSPS) is 13.3. The standard InChI is InChI=1S/C77H120O6/c1-4-7-10-13-16-19-22-24-26-28-30-32-33-34-35-36-37-38-39-40-41-42-43-45-46-48-50-52-55-58-61-64-67-70-76(79)82-73-74(72-81-75(78)69-66-63-60-57-54-21-18-15-12-9-6-3)83-77(80)71-68-65-62-59-56-53-51-49-47-44-31-29-27-25-23-20-17-14-11-8-5-2/h7-8,10-11,15-20,24-27,30-32,34-35,37-38,40-41,43-45,48,50,55,58,74H,4-6,9,12-14,21-23,28-29,33,36,39,42,46-47,49,51-54,56-57,59-73H2,1-3H3/b10-7-,11-8-,18-15-,19-16-,20-17-,26-24-,27-25-,32-30-,35-34-,38-37-,41-40-,44-31-,45-43-,50-48-,58-55-. The first-order chi connectivity index (χ1) is 41.0. The molecule has 0 aromatic heterocycles. The summed E-state index contributed by atoms with van der Waals surface area (Å²) in [6, 6.07) is 0. The van der Waals surface area contributed by atoms with E-state index in [1.165, 1.54) is 57.8 Å². The Morgan fingerprint density at radius 1 is 0.253 bits per heavy atom. The van der Waals surface area contributed by atoms with Crippen LogP contribution in [-0.4, -0.2) is 37.2 Å². The van der Waals surface area contributed by atoms with Crippen LogP contribution >= 0.6 is 0 Å². The van der Waals surface area contributed by atoms with Crippen LogP contribution in [0.4, 0.5) is 0 Å². The molecule has 0 saturated carbocycles. The third-order valence-electron chi connectivity index (χ3n) is 13.4. The van der Waals surface area contributed by atoms with Crippen molar-refractivity contribution >= 4 is 17.9 Å². The molecule has 464 valence electrons. The van der Waals surface area contributed by atoms with Crippen LogP contribution in [0.15, 0.2) is 182 Å². The van der Waals surface area contributed by atoms with Gasteiger partial charge in [-0.05, 0) is 154 Å². The second kappa shape index (κ2) is 69.0. The Morgan fingerprint density at radius 3 is 0.771 bits per heavy atom. The van der Waals surface area contributed by atoms with E-state index in [4.69, 9.17) is 14.2 Å². The second-order valence-corrected chi connectivity index (χ2v) is 21.3. The third-order valence-corrected chi connectivity index (χ3v) is 13.4. The maximum atomic E-state index is 12.9. The molecule has 0 bridgehead atoms. The van der Waals surface area contributed by atoms with Gasteiger partial charge < -0.3 is 14.2 Å². The molecule has 6 nitrogen and oxygen atoms in total. The Hall–Kier alpha value is -5.49. The van der Waals surface area contributed by atoms with E-state index in [0.29, 0.717) is 25.7 Å². The molecule has 0 aromatic rings. The summed E-state index contributed by atoms with van der Waals surface area (Å²) in [6.07, 6.45) is 103. The third kappa shape index (κ3) is 67.2. The summed E-state index contributed by atoms with van der Waals surface area (Å²) in [6.45, 7) is 6.32. The number of hydrogen-bond acceptors (Lipinski definition) is 6. The highest BCUT2D eigenvalue weighted by atomic mass is 16.6. The van der Waals surface area contributed by atoms with Gasteiger partial charge in [-0.3, -0.25) is 14.4 Å². The first-order valence-electron chi connectivity index (χ1n) is 33.3. The number of hydrogen-bond donors (Lipinski definition) is 0. The van der Waals surface area contributed by atoms with Gasteiger partial charge in [0.15, 0.2) is 6.10 Å². The average molecular weight is 1140 g/mol. The molecule has 6 heteroatoms. The van der Waals surface area contributed by atoms with Crippen LogP contribution in [0.25, 0.3) is 0 Å². The molecule has 0 fully saturated rings. The number of rotatable bonds is 58. The van der Waals surface area contributed by atoms with Crippen molar-refractivity contribution < 1.29 is 28.6 Å². The number of esters is 3. The fourth-order valence-corrected chi connectivity index (χ4v) is 8.44. The zero-order chi connectivity index (χ0) is 59.9. The zero-order valence-corrected chi connectivity index (χ0v) is 53.1. The van der Waals surface area contributed by atoms with Crippen molar-refractivity contribution in [1.82, 2.24) is 0 Å². The van der Waals surface area contributed by atoms with Crippen molar-refractivity contribution in [1.29, 1.82) is 0 Å². The van der Waals surface area contributed by atoms with Crippen molar-refractivity contribution in [2.75, 3.05) is 13.2 Å². The Morgan fingerprint density at radius 2 is 0.470 bits per heavy atom. The van der Waals surface area contributed by atoms with Gasteiger partial charge in [0.25, 0.3) is 0 Å². The van der Waals surface area contributed by atoms with E-state index in [9.17, 15) is 14.4 Å². The molecule has 0 N–H and O–H groups in total. The molecule has 0 rings (SSSR count). The first kappa shape index (κ1) is 77.5. The smallest absolute Gasteiger partial charge is 0.306 e. The van der Waals surface area contributed by atoms with Gasteiger partial charge in [-0.2, -0.15) is 0 Å². The molecule has 0 saturated heterocycles. The van der Waals surface area contributed by atoms with E-state index in [0.717, 1.165) is 161 Å². The minimum absolute atomic E-state index is 0.107. The summed E-state index contributed by atoms with van der Waals surface area (Å²) < 4.78 is 16.9.